The standard InChI is InChI=1S/C12H16N2/c13-7-8-1-2-10-9(5-8)6-11(14)12(10)3-4-12/h1-2,5,11H,3-4,6-7,13-14H2. The summed E-state index contributed by atoms with van der Waals surface area (Å²) in [6.45, 7) is 0.634. The number of rotatable bonds is 1. The molecule has 14 heavy (non-hydrogen) atoms. The minimum Gasteiger partial charge on any atom is -0.327 e. The minimum atomic E-state index is 0.352. The average Bonchev–Trinajstić information content (AvgIpc) is 2.93. The SMILES string of the molecule is NCc1ccc2c(c1)CC(N)C21CC1. The zero-order valence-corrected chi connectivity index (χ0v) is 8.29. The maximum absolute atomic E-state index is 6.19. The summed E-state index contributed by atoms with van der Waals surface area (Å²) in [7, 11) is 0. The van der Waals surface area contributed by atoms with Crippen LogP contribution >= 0.6 is 0 Å². The van der Waals surface area contributed by atoms with Crippen LogP contribution in [-0.2, 0) is 18.4 Å². The van der Waals surface area contributed by atoms with Gasteiger partial charge in [-0.05, 0) is 36.0 Å². The monoisotopic (exact) mass is 188 g/mol. The van der Waals surface area contributed by atoms with Gasteiger partial charge in [-0.1, -0.05) is 18.2 Å². The first-order valence-electron chi connectivity index (χ1n) is 5.34. The summed E-state index contributed by atoms with van der Waals surface area (Å²) in [6, 6.07) is 6.99. The van der Waals surface area contributed by atoms with E-state index in [1.807, 2.05) is 0 Å². The average molecular weight is 188 g/mol. The summed E-state index contributed by atoms with van der Waals surface area (Å²) in [4.78, 5) is 0. The Labute approximate surface area is 84.3 Å². The minimum absolute atomic E-state index is 0.352. The van der Waals surface area contributed by atoms with Crippen LogP contribution in [0.4, 0.5) is 0 Å². The van der Waals surface area contributed by atoms with Gasteiger partial charge in [0.2, 0.25) is 0 Å². The predicted octanol–water partition coefficient (Wildman–Crippen LogP) is 1.06. The molecule has 1 fully saturated rings. The van der Waals surface area contributed by atoms with E-state index in [0.29, 0.717) is 18.0 Å². The number of fused-ring (bicyclic) bond motifs is 2. The molecule has 1 aromatic carbocycles. The van der Waals surface area contributed by atoms with E-state index in [1.54, 1.807) is 0 Å². The highest BCUT2D eigenvalue weighted by Crippen LogP contribution is 2.55. The van der Waals surface area contributed by atoms with Gasteiger partial charge in [-0.15, -0.1) is 0 Å². The molecule has 1 unspecified atom stereocenters. The fourth-order valence-electron chi connectivity index (χ4n) is 2.84. The molecule has 0 heterocycles. The lowest BCUT2D eigenvalue weighted by Crippen LogP contribution is -2.30. The Morgan fingerprint density at radius 1 is 1.36 bits per heavy atom. The van der Waals surface area contributed by atoms with Crippen molar-refractivity contribution in [2.75, 3.05) is 0 Å². The van der Waals surface area contributed by atoms with E-state index in [2.05, 4.69) is 18.2 Å². The van der Waals surface area contributed by atoms with Crippen molar-refractivity contribution >= 4 is 0 Å². The molecule has 2 aliphatic carbocycles. The van der Waals surface area contributed by atoms with Crippen LogP contribution in [0, 0.1) is 0 Å². The predicted molar refractivity (Wildman–Crippen MR) is 56.9 cm³/mol. The van der Waals surface area contributed by atoms with E-state index in [4.69, 9.17) is 11.5 Å². The molecule has 0 saturated heterocycles. The van der Waals surface area contributed by atoms with Crippen molar-refractivity contribution in [2.45, 2.75) is 37.3 Å². The first-order chi connectivity index (χ1) is 6.76. The lowest BCUT2D eigenvalue weighted by atomic mass is 9.95. The van der Waals surface area contributed by atoms with Gasteiger partial charge in [-0.2, -0.15) is 0 Å². The summed E-state index contributed by atoms with van der Waals surface area (Å²) in [6.07, 6.45) is 3.61. The molecule has 2 heteroatoms. The van der Waals surface area contributed by atoms with Crippen LogP contribution < -0.4 is 11.5 Å². The van der Waals surface area contributed by atoms with Crippen molar-refractivity contribution in [1.29, 1.82) is 0 Å². The fraction of sp³-hybridized carbons (Fsp3) is 0.500. The van der Waals surface area contributed by atoms with Crippen LogP contribution in [0.2, 0.25) is 0 Å². The molecule has 2 nitrogen and oxygen atoms in total. The third-order valence-electron chi connectivity index (χ3n) is 3.88. The number of benzene rings is 1. The van der Waals surface area contributed by atoms with Gasteiger partial charge in [0.15, 0.2) is 0 Å². The van der Waals surface area contributed by atoms with Crippen molar-refractivity contribution in [1.82, 2.24) is 0 Å². The zero-order chi connectivity index (χ0) is 9.76. The van der Waals surface area contributed by atoms with Crippen LogP contribution in [0.5, 0.6) is 0 Å². The van der Waals surface area contributed by atoms with Gasteiger partial charge in [-0.25, -0.2) is 0 Å². The molecular formula is C12H16N2. The number of hydrogen-bond donors (Lipinski definition) is 2. The third kappa shape index (κ3) is 0.928. The molecule has 74 valence electrons. The smallest absolute Gasteiger partial charge is 0.0178 e. The molecule has 0 bridgehead atoms. The molecule has 4 N–H and O–H groups in total. The van der Waals surface area contributed by atoms with Crippen molar-refractivity contribution in [3.05, 3.63) is 34.9 Å². The maximum atomic E-state index is 6.19. The molecule has 1 aromatic rings. The van der Waals surface area contributed by atoms with Crippen LogP contribution in [-0.4, -0.2) is 6.04 Å². The molecule has 0 amide bonds. The quantitative estimate of drug-likeness (QED) is 0.692. The van der Waals surface area contributed by atoms with Crippen LogP contribution in [0.15, 0.2) is 18.2 Å². The molecule has 1 saturated carbocycles. The first-order valence-corrected chi connectivity index (χ1v) is 5.34. The van der Waals surface area contributed by atoms with Crippen LogP contribution in [0.25, 0.3) is 0 Å². The Kier molecular flexibility index (Phi) is 1.56. The number of nitrogens with two attached hydrogens (primary N) is 2. The van der Waals surface area contributed by atoms with Crippen molar-refractivity contribution in [2.24, 2.45) is 11.5 Å². The molecule has 3 rings (SSSR count). The summed E-state index contributed by atoms with van der Waals surface area (Å²) >= 11 is 0. The second kappa shape index (κ2) is 2.59. The third-order valence-corrected chi connectivity index (χ3v) is 3.88. The zero-order valence-electron chi connectivity index (χ0n) is 8.29. The van der Waals surface area contributed by atoms with Crippen molar-refractivity contribution in [3.8, 4) is 0 Å². The lowest BCUT2D eigenvalue weighted by Gasteiger charge is -2.13. The van der Waals surface area contributed by atoms with Crippen LogP contribution in [0.1, 0.15) is 29.5 Å². The second-order valence-corrected chi connectivity index (χ2v) is 4.66. The molecular weight excluding hydrogens is 172 g/mol. The largest absolute Gasteiger partial charge is 0.327 e. The van der Waals surface area contributed by atoms with Crippen molar-refractivity contribution in [3.63, 3.8) is 0 Å². The van der Waals surface area contributed by atoms with E-state index in [1.165, 1.54) is 29.5 Å². The fourth-order valence-corrected chi connectivity index (χ4v) is 2.84. The Balaban J connectivity index is 2.09. The molecule has 0 aromatic heterocycles. The van der Waals surface area contributed by atoms with Gasteiger partial charge in [0.05, 0.1) is 0 Å². The highest BCUT2D eigenvalue weighted by atomic mass is 14.8. The van der Waals surface area contributed by atoms with E-state index in [9.17, 15) is 0 Å². The first kappa shape index (κ1) is 8.45. The van der Waals surface area contributed by atoms with Gasteiger partial charge < -0.3 is 11.5 Å². The second-order valence-electron chi connectivity index (χ2n) is 4.66. The maximum Gasteiger partial charge on any atom is 0.0178 e. The number of hydrogen-bond acceptors (Lipinski definition) is 2. The van der Waals surface area contributed by atoms with Gasteiger partial charge in [0.25, 0.3) is 0 Å². The van der Waals surface area contributed by atoms with E-state index in [0.717, 1.165) is 6.42 Å². The van der Waals surface area contributed by atoms with Gasteiger partial charge in [0.1, 0.15) is 0 Å². The van der Waals surface area contributed by atoms with Gasteiger partial charge >= 0.3 is 0 Å². The van der Waals surface area contributed by atoms with Gasteiger partial charge in [0, 0.05) is 18.0 Å². The van der Waals surface area contributed by atoms with Gasteiger partial charge in [-0.3, -0.25) is 0 Å². The molecule has 0 radical (unpaired) electrons. The molecule has 2 aliphatic rings. The summed E-state index contributed by atoms with van der Waals surface area (Å²) in [5.41, 5.74) is 16.4. The highest BCUT2D eigenvalue weighted by molar-refractivity contribution is 5.48. The topological polar surface area (TPSA) is 52.0 Å². The van der Waals surface area contributed by atoms with Crippen LogP contribution in [0.3, 0.4) is 0 Å². The highest BCUT2D eigenvalue weighted by Gasteiger charge is 2.53. The Hall–Kier alpha value is -0.860. The summed E-state index contributed by atoms with van der Waals surface area (Å²) in [5, 5.41) is 0. The molecule has 1 spiro atoms. The summed E-state index contributed by atoms with van der Waals surface area (Å²) in [5.74, 6) is 0. The normalized spacial score (nSPS) is 26.6. The van der Waals surface area contributed by atoms with E-state index >= 15 is 0 Å². The van der Waals surface area contributed by atoms with E-state index in [-0.39, 0.29) is 0 Å². The Bertz CT molecular complexity index is 380. The lowest BCUT2D eigenvalue weighted by molar-refractivity contribution is 0.563. The molecule has 0 aliphatic heterocycles. The van der Waals surface area contributed by atoms with Crippen molar-refractivity contribution < 1.29 is 0 Å². The van der Waals surface area contributed by atoms with E-state index < -0.39 is 0 Å². The Morgan fingerprint density at radius 2 is 2.14 bits per heavy atom. The Morgan fingerprint density at radius 3 is 2.79 bits per heavy atom. The summed E-state index contributed by atoms with van der Waals surface area (Å²) < 4.78 is 0. The molecule has 1 atom stereocenters.